The summed E-state index contributed by atoms with van der Waals surface area (Å²) in [4.78, 5) is 11.7. The minimum absolute atomic E-state index is 0. The molecule has 2 N–H and O–H groups in total. The van der Waals surface area contributed by atoms with Gasteiger partial charge in [-0.15, -0.1) is 12.4 Å². The molecule has 0 saturated carbocycles. The third-order valence-electron chi connectivity index (χ3n) is 2.40. The van der Waals surface area contributed by atoms with Crippen molar-refractivity contribution in [1.82, 2.24) is 5.32 Å². The van der Waals surface area contributed by atoms with E-state index in [9.17, 15) is 4.79 Å². The summed E-state index contributed by atoms with van der Waals surface area (Å²) < 4.78 is 0. The molecule has 1 rings (SSSR count). The van der Waals surface area contributed by atoms with Crippen molar-refractivity contribution >= 4 is 35.6 Å². The Hall–Kier alpha value is -0.770. The lowest BCUT2D eigenvalue weighted by atomic mass is 10.1. The van der Waals surface area contributed by atoms with Crippen molar-refractivity contribution in [2.24, 2.45) is 5.92 Å². The average Bonchev–Trinajstić information content (AvgIpc) is 2.24. The Bertz CT molecular complexity index is 383. The van der Waals surface area contributed by atoms with E-state index in [4.69, 9.17) is 11.6 Å². The molecular formula is C12H18Cl2N2O. The van der Waals surface area contributed by atoms with Crippen molar-refractivity contribution in [1.29, 1.82) is 0 Å². The third-order valence-corrected chi connectivity index (χ3v) is 2.80. The molecule has 0 aliphatic rings. The molecule has 96 valence electrons. The van der Waals surface area contributed by atoms with Crippen LogP contribution in [-0.2, 0) is 4.79 Å². The molecule has 3 nitrogen and oxygen atoms in total. The summed E-state index contributed by atoms with van der Waals surface area (Å²) in [6.07, 6.45) is 0. The lowest BCUT2D eigenvalue weighted by molar-refractivity contribution is -0.119. The van der Waals surface area contributed by atoms with Crippen LogP contribution in [0.15, 0.2) is 18.2 Å². The summed E-state index contributed by atoms with van der Waals surface area (Å²) in [5.41, 5.74) is 1.74. The fourth-order valence-corrected chi connectivity index (χ4v) is 1.52. The van der Waals surface area contributed by atoms with E-state index in [-0.39, 0.29) is 24.2 Å². The summed E-state index contributed by atoms with van der Waals surface area (Å²) in [5.74, 6) is -0.0700. The van der Waals surface area contributed by atoms with Crippen molar-refractivity contribution in [3.8, 4) is 0 Å². The van der Waals surface area contributed by atoms with Crippen LogP contribution < -0.4 is 10.6 Å². The van der Waals surface area contributed by atoms with Gasteiger partial charge in [-0.05, 0) is 31.7 Å². The van der Waals surface area contributed by atoms with E-state index in [2.05, 4.69) is 10.6 Å². The van der Waals surface area contributed by atoms with Crippen molar-refractivity contribution in [2.75, 3.05) is 18.9 Å². The number of carbonyl (C=O) groups excluding carboxylic acids is 1. The minimum Gasteiger partial charge on any atom is -0.326 e. The van der Waals surface area contributed by atoms with E-state index in [0.717, 1.165) is 11.3 Å². The predicted molar refractivity (Wildman–Crippen MR) is 75.2 cm³/mol. The summed E-state index contributed by atoms with van der Waals surface area (Å²) in [5, 5.41) is 6.46. The van der Waals surface area contributed by atoms with Crippen LogP contribution in [-0.4, -0.2) is 19.5 Å². The molecule has 17 heavy (non-hydrogen) atoms. The number of nitrogens with one attached hydrogen (secondary N) is 2. The van der Waals surface area contributed by atoms with Gasteiger partial charge in [0, 0.05) is 23.2 Å². The quantitative estimate of drug-likeness (QED) is 0.888. The number of carbonyl (C=O) groups is 1. The lowest BCUT2D eigenvalue weighted by Crippen LogP contribution is -2.28. The number of amides is 1. The molecule has 0 heterocycles. The van der Waals surface area contributed by atoms with E-state index < -0.39 is 0 Å². The number of hydrogen-bond acceptors (Lipinski definition) is 2. The zero-order valence-corrected chi connectivity index (χ0v) is 11.8. The van der Waals surface area contributed by atoms with Crippen LogP contribution in [0, 0.1) is 12.8 Å². The van der Waals surface area contributed by atoms with Gasteiger partial charge in [0.1, 0.15) is 0 Å². The second-order valence-corrected chi connectivity index (χ2v) is 4.32. The Balaban J connectivity index is 0.00000256. The number of benzene rings is 1. The number of hydrogen-bond donors (Lipinski definition) is 2. The maximum atomic E-state index is 11.7. The van der Waals surface area contributed by atoms with Gasteiger partial charge in [-0.3, -0.25) is 4.79 Å². The Morgan fingerprint density at radius 2 is 2.12 bits per heavy atom. The van der Waals surface area contributed by atoms with Crippen molar-refractivity contribution < 1.29 is 4.79 Å². The largest absolute Gasteiger partial charge is 0.326 e. The van der Waals surface area contributed by atoms with Gasteiger partial charge >= 0.3 is 0 Å². The van der Waals surface area contributed by atoms with Crippen LogP contribution in [0.5, 0.6) is 0 Å². The molecule has 0 bridgehead atoms. The van der Waals surface area contributed by atoms with Crippen molar-refractivity contribution in [2.45, 2.75) is 13.8 Å². The van der Waals surface area contributed by atoms with Gasteiger partial charge in [0.15, 0.2) is 0 Å². The fourth-order valence-electron chi connectivity index (χ4n) is 1.33. The topological polar surface area (TPSA) is 41.1 Å². The highest BCUT2D eigenvalue weighted by atomic mass is 35.5. The maximum Gasteiger partial charge on any atom is 0.228 e. The molecule has 0 aliphatic carbocycles. The average molecular weight is 277 g/mol. The van der Waals surface area contributed by atoms with Crippen LogP contribution in [0.3, 0.4) is 0 Å². The van der Waals surface area contributed by atoms with Gasteiger partial charge in [-0.1, -0.05) is 24.6 Å². The summed E-state index contributed by atoms with van der Waals surface area (Å²) >= 11 is 5.97. The van der Waals surface area contributed by atoms with Crippen molar-refractivity contribution in [3.05, 3.63) is 28.8 Å². The van der Waals surface area contributed by atoms with Crippen LogP contribution in [0.25, 0.3) is 0 Å². The summed E-state index contributed by atoms with van der Waals surface area (Å²) in [6.45, 7) is 4.46. The van der Waals surface area contributed by atoms with Gasteiger partial charge in [0.25, 0.3) is 0 Å². The molecule has 0 fully saturated rings. The normalized spacial score (nSPS) is 11.5. The predicted octanol–water partition coefficient (Wildman–Crippen LogP) is 2.86. The molecule has 0 aliphatic heterocycles. The van der Waals surface area contributed by atoms with Gasteiger partial charge in [-0.2, -0.15) is 0 Å². The Morgan fingerprint density at radius 1 is 1.47 bits per heavy atom. The molecule has 1 amide bonds. The van der Waals surface area contributed by atoms with E-state index in [1.54, 1.807) is 6.07 Å². The Kier molecular flexibility index (Phi) is 7.19. The van der Waals surface area contributed by atoms with E-state index in [1.165, 1.54) is 0 Å². The minimum atomic E-state index is -0.0647. The monoisotopic (exact) mass is 276 g/mol. The van der Waals surface area contributed by atoms with Crippen molar-refractivity contribution in [3.63, 3.8) is 0 Å². The maximum absolute atomic E-state index is 11.7. The van der Waals surface area contributed by atoms with Gasteiger partial charge in [0.2, 0.25) is 5.91 Å². The second kappa shape index (κ2) is 7.54. The number of aryl methyl sites for hydroxylation is 1. The SMILES string of the molecule is CNCC(C)C(=O)Nc1ccc(C)c(Cl)c1.Cl. The molecule has 0 aromatic heterocycles. The van der Waals surface area contributed by atoms with Gasteiger partial charge in [-0.25, -0.2) is 0 Å². The number of anilines is 1. The van der Waals surface area contributed by atoms with E-state index in [1.807, 2.05) is 33.0 Å². The first kappa shape index (κ1) is 16.2. The van der Waals surface area contributed by atoms with Crippen LogP contribution >= 0.6 is 24.0 Å². The summed E-state index contributed by atoms with van der Waals surface area (Å²) in [6, 6.07) is 5.51. The fraction of sp³-hybridized carbons (Fsp3) is 0.417. The molecule has 5 heteroatoms. The first-order valence-electron chi connectivity index (χ1n) is 5.26. The summed E-state index contributed by atoms with van der Waals surface area (Å²) in [7, 11) is 1.83. The van der Waals surface area contributed by atoms with Crippen LogP contribution in [0.1, 0.15) is 12.5 Å². The standard InChI is InChI=1S/C12H17ClN2O.ClH/c1-8-4-5-10(6-11(8)13)15-12(16)9(2)7-14-3;/h4-6,9,14H,7H2,1-3H3,(H,15,16);1H. The first-order chi connectivity index (χ1) is 7.54. The number of halogens is 2. The zero-order valence-electron chi connectivity index (χ0n) is 10.2. The molecule has 1 aromatic rings. The molecule has 0 spiro atoms. The Labute approximate surface area is 113 Å². The lowest BCUT2D eigenvalue weighted by Gasteiger charge is -2.12. The highest BCUT2D eigenvalue weighted by Crippen LogP contribution is 2.20. The Morgan fingerprint density at radius 3 is 2.65 bits per heavy atom. The van der Waals surface area contributed by atoms with Crippen LogP contribution in [0.2, 0.25) is 5.02 Å². The molecule has 0 radical (unpaired) electrons. The molecule has 1 aromatic carbocycles. The van der Waals surface area contributed by atoms with E-state index >= 15 is 0 Å². The van der Waals surface area contributed by atoms with Crippen LogP contribution in [0.4, 0.5) is 5.69 Å². The molecule has 0 saturated heterocycles. The first-order valence-corrected chi connectivity index (χ1v) is 5.64. The second-order valence-electron chi connectivity index (χ2n) is 3.91. The molecule has 1 unspecified atom stereocenters. The zero-order chi connectivity index (χ0) is 12.1. The molecular weight excluding hydrogens is 259 g/mol. The third kappa shape index (κ3) is 4.94. The number of rotatable bonds is 4. The van der Waals surface area contributed by atoms with E-state index in [0.29, 0.717) is 11.6 Å². The highest BCUT2D eigenvalue weighted by molar-refractivity contribution is 6.31. The molecule has 1 atom stereocenters. The van der Waals surface area contributed by atoms with Gasteiger partial charge in [0.05, 0.1) is 0 Å². The highest BCUT2D eigenvalue weighted by Gasteiger charge is 2.11. The smallest absolute Gasteiger partial charge is 0.228 e. The van der Waals surface area contributed by atoms with Gasteiger partial charge < -0.3 is 10.6 Å².